The van der Waals surface area contributed by atoms with Crippen molar-refractivity contribution >= 4 is 5.91 Å². The molecule has 0 bridgehead atoms. The molecule has 2 saturated heterocycles. The van der Waals surface area contributed by atoms with Gasteiger partial charge in [-0.3, -0.25) is 4.79 Å². The lowest BCUT2D eigenvalue weighted by Gasteiger charge is -2.47. The van der Waals surface area contributed by atoms with Crippen molar-refractivity contribution in [1.29, 1.82) is 0 Å². The summed E-state index contributed by atoms with van der Waals surface area (Å²) in [6, 6.07) is -2.90. The summed E-state index contributed by atoms with van der Waals surface area (Å²) in [5.41, 5.74) is 23.5. The lowest BCUT2D eigenvalue weighted by molar-refractivity contribution is -0.294. The van der Waals surface area contributed by atoms with Crippen LogP contribution < -0.4 is 28.3 Å². The lowest BCUT2D eigenvalue weighted by atomic mass is 9.83. The van der Waals surface area contributed by atoms with Gasteiger partial charge in [-0.15, -0.1) is 0 Å². The Labute approximate surface area is 213 Å². The van der Waals surface area contributed by atoms with Gasteiger partial charge in [-0.2, -0.15) is 0 Å². The SMILES string of the molecule is NCC[C@@H](O)C(=O)N[C@@H]1C[C@@H](N)[C@@H](O[C@H]2O[C@@H](CN)C[C@H](O)[C@@H]2N)[C@H](O[C@@H]2O[C@H](CO)[C@H](O)[C@H]2O)[C@@H]1O. The predicted octanol–water partition coefficient (Wildman–Crippen LogP) is -6.76. The van der Waals surface area contributed by atoms with Crippen LogP contribution in [-0.4, -0.2) is 142 Å². The molecule has 0 aromatic rings. The molecule has 2 aliphatic heterocycles. The van der Waals surface area contributed by atoms with Crippen LogP contribution in [0.1, 0.15) is 19.3 Å². The van der Waals surface area contributed by atoms with Crippen molar-refractivity contribution in [3.05, 3.63) is 0 Å². The number of hydrogen-bond donors (Lipinski definition) is 11. The zero-order chi connectivity index (χ0) is 27.4. The largest absolute Gasteiger partial charge is 0.394 e. The van der Waals surface area contributed by atoms with Gasteiger partial charge in [0.1, 0.15) is 42.7 Å². The molecule has 16 nitrogen and oxygen atoms in total. The highest BCUT2D eigenvalue weighted by Crippen LogP contribution is 2.32. The average molecular weight is 540 g/mol. The van der Waals surface area contributed by atoms with E-state index in [0.29, 0.717) is 0 Å². The molecule has 216 valence electrons. The molecule has 1 aliphatic carbocycles. The zero-order valence-corrected chi connectivity index (χ0v) is 20.4. The topological polar surface area (TPSA) is 291 Å². The van der Waals surface area contributed by atoms with E-state index in [9.17, 15) is 35.4 Å². The third kappa shape index (κ3) is 6.92. The minimum absolute atomic E-state index is 0.00352. The number of nitrogens with two attached hydrogens (primary N) is 4. The number of aliphatic hydroxyl groups excluding tert-OH is 6. The Morgan fingerprint density at radius 2 is 1.65 bits per heavy atom. The van der Waals surface area contributed by atoms with Crippen molar-refractivity contribution in [2.75, 3.05) is 19.7 Å². The van der Waals surface area contributed by atoms with Gasteiger partial charge in [-0.1, -0.05) is 0 Å². The molecule has 1 amide bonds. The van der Waals surface area contributed by atoms with Crippen LogP contribution in [0.15, 0.2) is 0 Å². The summed E-state index contributed by atoms with van der Waals surface area (Å²) in [4.78, 5) is 12.4. The van der Waals surface area contributed by atoms with E-state index in [1.807, 2.05) is 0 Å². The number of aliphatic hydroxyl groups is 6. The summed E-state index contributed by atoms with van der Waals surface area (Å²) in [6.45, 7) is -0.457. The molecular weight excluding hydrogens is 498 g/mol. The number of carbonyl (C=O) groups is 1. The average Bonchev–Trinajstić information content (AvgIpc) is 3.14. The van der Waals surface area contributed by atoms with Crippen molar-refractivity contribution in [3.8, 4) is 0 Å². The van der Waals surface area contributed by atoms with Crippen molar-refractivity contribution < 1.29 is 54.4 Å². The van der Waals surface area contributed by atoms with Crippen LogP contribution >= 0.6 is 0 Å². The van der Waals surface area contributed by atoms with Crippen molar-refractivity contribution in [3.63, 3.8) is 0 Å². The van der Waals surface area contributed by atoms with Gasteiger partial charge in [0.15, 0.2) is 12.6 Å². The number of ether oxygens (including phenoxy) is 4. The first-order chi connectivity index (χ1) is 17.5. The maximum Gasteiger partial charge on any atom is 0.249 e. The Hall–Kier alpha value is -1.09. The second-order valence-electron chi connectivity index (χ2n) is 9.75. The molecule has 0 spiro atoms. The summed E-state index contributed by atoms with van der Waals surface area (Å²) in [5, 5.41) is 63.8. The molecule has 0 radical (unpaired) electrons. The van der Waals surface area contributed by atoms with Gasteiger partial charge in [-0.25, -0.2) is 0 Å². The van der Waals surface area contributed by atoms with E-state index >= 15 is 0 Å². The van der Waals surface area contributed by atoms with Crippen LogP contribution in [-0.2, 0) is 23.7 Å². The fraction of sp³-hybridized carbons (Fsp3) is 0.952. The fourth-order valence-electron chi connectivity index (χ4n) is 4.79. The molecule has 16 heteroatoms. The second kappa shape index (κ2) is 13.3. The van der Waals surface area contributed by atoms with Gasteiger partial charge in [0.2, 0.25) is 5.91 Å². The molecule has 15 N–H and O–H groups in total. The van der Waals surface area contributed by atoms with E-state index in [2.05, 4.69) is 5.32 Å². The van der Waals surface area contributed by atoms with E-state index in [1.54, 1.807) is 0 Å². The van der Waals surface area contributed by atoms with Crippen molar-refractivity contribution in [1.82, 2.24) is 5.32 Å². The highest BCUT2D eigenvalue weighted by Gasteiger charge is 2.52. The van der Waals surface area contributed by atoms with Crippen LogP contribution in [0.25, 0.3) is 0 Å². The Morgan fingerprint density at radius 1 is 0.973 bits per heavy atom. The summed E-state index contributed by atoms with van der Waals surface area (Å²) in [5.74, 6) is -0.778. The number of hydrogen-bond acceptors (Lipinski definition) is 15. The molecular formula is C21H41N5O11. The van der Waals surface area contributed by atoms with Crippen LogP contribution in [0.4, 0.5) is 0 Å². The van der Waals surface area contributed by atoms with Crippen LogP contribution in [0.5, 0.6) is 0 Å². The molecule has 0 aromatic carbocycles. The van der Waals surface area contributed by atoms with Crippen molar-refractivity contribution in [2.24, 2.45) is 22.9 Å². The van der Waals surface area contributed by atoms with E-state index in [-0.39, 0.29) is 32.4 Å². The second-order valence-corrected chi connectivity index (χ2v) is 9.75. The minimum atomic E-state index is -1.58. The number of nitrogens with one attached hydrogen (secondary N) is 1. The predicted molar refractivity (Wildman–Crippen MR) is 124 cm³/mol. The molecule has 3 fully saturated rings. The molecule has 2 heterocycles. The number of carbonyl (C=O) groups excluding carboxylic acids is 1. The van der Waals surface area contributed by atoms with Crippen LogP contribution in [0.3, 0.4) is 0 Å². The first kappa shape index (κ1) is 30.5. The van der Waals surface area contributed by atoms with Gasteiger partial charge in [0.25, 0.3) is 0 Å². The van der Waals surface area contributed by atoms with E-state index in [4.69, 9.17) is 41.9 Å². The molecule has 3 aliphatic rings. The quantitative estimate of drug-likeness (QED) is 0.123. The minimum Gasteiger partial charge on any atom is -0.394 e. The molecule has 14 atom stereocenters. The first-order valence-corrected chi connectivity index (χ1v) is 12.4. The van der Waals surface area contributed by atoms with Gasteiger partial charge in [-0.05, 0) is 19.4 Å². The Kier molecular flexibility index (Phi) is 11.0. The fourth-order valence-corrected chi connectivity index (χ4v) is 4.79. The number of amides is 1. The van der Waals surface area contributed by atoms with E-state index in [1.165, 1.54) is 0 Å². The van der Waals surface area contributed by atoms with E-state index in [0.717, 1.165) is 0 Å². The van der Waals surface area contributed by atoms with Gasteiger partial charge in [0, 0.05) is 19.0 Å². The van der Waals surface area contributed by atoms with Crippen LogP contribution in [0, 0.1) is 0 Å². The number of rotatable bonds is 10. The van der Waals surface area contributed by atoms with Gasteiger partial charge in [0.05, 0.1) is 30.9 Å². The summed E-state index contributed by atoms with van der Waals surface area (Å²) in [7, 11) is 0. The maximum absolute atomic E-state index is 12.4. The Morgan fingerprint density at radius 3 is 2.24 bits per heavy atom. The molecule has 1 saturated carbocycles. The summed E-state index contributed by atoms with van der Waals surface area (Å²) >= 11 is 0. The Balaban J connectivity index is 1.82. The highest BCUT2D eigenvalue weighted by molar-refractivity contribution is 5.80. The monoisotopic (exact) mass is 539 g/mol. The summed E-state index contributed by atoms with van der Waals surface area (Å²) < 4.78 is 23.0. The molecule has 0 unspecified atom stereocenters. The normalized spacial score (nSPS) is 45.5. The first-order valence-electron chi connectivity index (χ1n) is 12.4. The zero-order valence-electron chi connectivity index (χ0n) is 20.4. The van der Waals surface area contributed by atoms with E-state index < -0.39 is 98.2 Å². The third-order valence-electron chi connectivity index (χ3n) is 7.02. The lowest BCUT2D eigenvalue weighted by Crippen LogP contribution is -2.67. The Bertz CT molecular complexity index is 741. The third-order valence-corrected chi connectivity index (χ3v) is 7.02. The van der Waals surface area contributed by atoms with Crippen molar-refractivity contribution in [2.45, 2.75) is 105 Å². The molecule has 0 aromatic heterocycles. The molecule has 37 heavy (non-hydrogen) atoms. The maximum atomic E-state index is 12.4. The highest BCUT2D eigenvalue weighted by atomic mass is 16.7. The van der Waals surface area contributed by atoms with Gasteiger partial charge >= 0.3 is 0 Å². The smallest absolute Gasteiger partial charge is 0.249 e. The van der Waals surface area contributed by atoms with Gasteiger partial charge < -0.3 is 77.8 Å². The standard InChI is InChI=1S/C21H41N5O11/c22-2-1-10(28)19(33)26-9-4-8(24)17(36-20-13(25)11(29)3-7(5-23)34-20)18(14(9)30)37-21-16(32)15(31)12(6-27)35-21/h7-18,20-21,27-32H,1-6,22-25H2,(H,26,33)/t7-,8-,9-,10-,11+,12-,13+,14-,15+,16-,17-,18-,20-,21+/m1/s1. The summed E-state index contributed by atoms with van der Waals surface area (Å²) in [6.07, 6.45) is -13.7. The molecule has 3 rings (SSSR count). The van der Waals surface area contributed by atoms with Crippen LogP contribution in [0.2, 0.25) is 0 Å².